The molecule has 0 atom stereocenters. The van der Waals surface area contributed by atoms with Crippen LogP contribution in [0.4, 0.5) is 4.39 Å². The number of nitrogens with one attached hydrogen (secondary N) is 1. The summed E-state index contributed by atoms with van der Waals surface area (Å²) in [6.45, 7) is 2.71. The van der Waals surface area contributed by atoms with E-state index in [1.165, 1.54) is 6.92 Å². The molecule has 1 aromatic heterocycles. The third-order valence-corrected chi connectivity index (χ3v) is 5.36. The Morgan fingerprint density at radius 1 is 1.25 bits per heavy atom. The number of thioether (sulfide) groups is 1. The number of aromatic nitrogens is 1. The fourth-order valence-electron chi connectivity index (χ4n) is 3.03. The Hall–Kier alpha value is -2.61. The van der Waals surface area contributed by atoms with E-state index in [9.17, 15) is 14.0 Å². The summed E-state index contributed by atoms with van der Waals surface area (Å²) in [5.41, 5.74) is 0.0444. The molecule has 0 saturated carbocycles. The van der Waals surface area contributed by atoms with E-state index < -0.39 is 11.7 Å². The van der Waals surface area contributed by atoms with Crippen LogP contribution in [0.3, 0.4) is 0 Å². The number of halogens is 1. The van der Waals surface area contributed by atoms with Gasteiger partial charge in [-0.3, -0.25) is 9.59 Å². The lowest BCUT2D eigenvalue weighted by atomic mass is 10.0. The van der Waals surface area contributed by atoms with Crippen molar-refractivity contribution in [3.8, 4) is 11.6 Å². The normalized spacial score (nSPS) is 14.6. The van der Waals surface area contributed by atoms with Gasteiger partial charge < -0.3 is 15.0 Å². The minimum Gasteiger partial charge on any atom is -0.438 e. The van der Waals surface area contributed by atoms with Crippen molar-refractivity contribution in [3.05, 3.63) is 47.9 Å². The van der Waals surface area contributed by atoms with Gasteiger partial charge in [-0.15, -0.1) is 11.8 Å². The molecule has 6 nitrogen and oxygen atoms in total. The minimum absolute atomic E-state index is 0.0299. The maximum atomic E-state index is 13.7. The molecule has 1 N–H and O–H groups in total. The SMILES string of the molecule is CSc1ccc(Oc2ncc(F)cc2C(=O)NC2CCN(C(C)=O)CC2)cc1. The second-order valence-electron chi connectivity index (χ2n) is 6.54. The highest BCUT2D eigenvalue weighted by atomic mass is 32.2. The molecule has 1 aliphatic heterocycles. The molecule has 0 aliphatic carbocycles. The van der Waals surface area contributed by atoms with Crippen molar-refractivity contribution in [2.24, 2.45) is 0 Å². The molecule has 3 rings (SSSR count). The van der Waals surface area contributed by atoms with Crippen molar-refractivity contribution in [3.63, 3.8) is 0 Å². The van der Waals surface area contributed by atoms with Gasteiger partial charge in [-0.05, 0) is 49.4 Å². The number of hydrogen-bond acceptors (Lipinski definition) is 5. The highest BCUT2D eigenvalue weighted by molar-refractivity contribution is 7.98. The standard InChI is InChI=1S/C20H22FN3O3S/c1-13(25)24-9-7-15(8-10-24)23-19(26)18-11-14(21)12-22-20(18)27-16-3-5-17(28-2)6-4-16/h3-6,11-12,15H,7-10H2,1-2H3,(H,23,26). The molecule has 2 amide bonds. The molecular weight excluding hydrogens is 381 g/mol. The first-order valence-electron chi connectivity index (χ1n) is 9.00. The Balaban J connectivity index is 1.71. The fraction of sp³-hybridized carbons (Fsp3) is 0.350. The third kappa shape index (κ3) is 5.01. The van der Waals surface area contributed by atoms with E-state index in [2.05, 4.69) is 10.3 Å². The number of ether oxygens (including phenoxy) is 1. The van der Waals surface area contributed by atoms with Gasteiger partial charge in [-0.2, -0.15) is 0 Å². The Kier molecular flexibility index (Phi) is 6.51. The highest BCUT2D eigenvalue weighted by Crippen LogP contribution is 2.26. The summed E-state index contributed by atoms with van der Waals surface area (Å²) >= 11 is 1.61. The summed E-state index contributed by atoms with van der Waals surface area (Å²) in [7, 11) is 0. The molecule has 1 fully saturated rings. The van der Waals surface area contributed by atoms with E-state index in [1.807, 2.05) is 18.4 Å². The quantitative estimate of drug-likeness (QED) is 0.774. The summed E-state index contributed by atoms with van der Waals surface area (Å²) in [6.07, 6.45) is 4.30. The van der Waals surface area contributed by atoms with Gasteiger partial charge in [0.1, 0.15) is 17.1 Å². The predicted molar refractivity (Wildman–Crippen MR) is 105 cm³/mol. The van der Waals surface area contributed by atoms with Gasteiger partial charge in [-0.1, -0.05) is 0 Å². The third-order valence-electron chi connectivity index (χ3n) is 4.61. The molecule has 8 heteroatoms. The first-order chi connectivity index (χ1) is 13.5. The summed E-state index contributed by atoms with van der Waals surface area (Å²) in [4.78, 5) is 30.9. The van der Waals surface area contributed by atoms with Crippen molar-refractivity contribution in [2.75, 3.05) is 19.3 Å². The van der Waals surface area contributed by atoms with Crippen LogP contribution in [0.25, 0.3) is 0 Å². The summed E-state index contributed by atoms with van der Waals surface area (Å²) < 4.78 is 19.4. The number of nitrogens with zero attached hydrogens (tertiary/aromatic N) is 2. The minimum atomic E-state index is -0.610. The summed E-state index contributed by atoms with van der Waals surface area (Å²) in [5.74, 6) is -0.453. The summed E-state index contributed by atoms with van der Waals surface area (Å²) in [5, 5.41) is 2.90. The van der Waals surface area contributed by atoms with Crippen LogP contribution in [0.15, 0.2) is 41.4 Å². The first-order valence-corrected chi connectivity index (χ1v) is 10.2. The van der Waals surface area contributed by atoms with Crippen LogP contribution < -0.4 is 10.1 Å². The van der Waals surface area contributed by atoms with Crippen molar-refractivity contribution in [1.82, 2.24) is 15.2 Å². The van der Waals surface area contributed by atoms with Crippen molar-refractivity contribution >= 4 is 23.6 Å². The molecule has 1 saturated heterocycles. The number of carbonyl (C=O) groups excluding carboxylic acids is 2. The maximum Gasteiger partial charge on any atom is 0.257 e. The first kappa shape index (κ1) is 20.1. The van der Waals surface area contributed by atoms with E-state index in [0.717, 1.165) is 17.2 Å². The molecule has 0 bridgehead atoms. The van der Waals surface area contributed by atoms with Crippen LogP contribution in [0.5, 0.6) is 11.6 Å². The van der Waals surface area contributed by atoms with E-state index in [1.54, 1.807) is 28.8 Å². The molecule has 0 unspecified atom stereocenters. The smallest absolute Gasteiger partial charge is 0.257 e. The zero-order valence-electron chi connectivity index (χ0n) is 15.8. The van der Waals surface area contributed by atoms with Crippen molar-refractivity contribution in [1.29, 1.82) is 0 Å². The number of benzene rings is 1. The average molecular weight is 403 g/mol. The van der Waals surface area contributed by atoms with Crippen LogP contribution in [0.1, 0.15) is 30.1 Å². The lowest BCUT2D eigenvalue weighted by molar-refractivity contribution is -0.129. The number of amides is 2. The molecule has 2 aromatic rings. The zero-order chi connectivity index (χ0) is 20.1. The molecule has 28 heavy (non-hydrogen) atoms. The van der Waals surface area contributed by atoms with Gasteiger partial charge in [-0.25, -0.2) is 9.37 Å². The van der Waals surface area contributed by atoms with Gasteiger partial charge in [0, 0.05) is 31.0 Å². The largest absolute Gasteiger partial charge is 0.438 e. The number of piperidine rings is 1. The van der Waals surface area contributed by atoms with Crippen LogP contribution in [-0.2, 0) is 4.79 Å². The fourth-order valence-corrected chi connectivity index (χ4v) is 3.44. The van der Waals surface area contributed by atoms with Gasteiger partial charge in [0.05, 0.1) is 6.20 Å². The van der Waals surface area contributed by atoms with Gasteiger partial charge in [0.25, 0.3) is 5.91 Å². The molecule has 2 heterocycles. The molecule has 148 valence electrons. The van der Waals surface area contributed by atoms with Crippen LogP contribution in [-0.4, -0.2) is 47.1 Å². The van der Waals surface area contributed by atoms with Crippen LogP contribution in [0, 0.1) is 5.82 Å². The lowest BCUT2D eigenvalue weighted by Crippen LogP contribution is -2.46. The summed E-state index contributed by atoms with van der Waals surface area (Å²) in [6, 6.07) is 8.38. The van der Waals surface area contributed by atoms with E-state index in [-0.39, 0.29) is 23.4 Å². The number of likely N-dealkylation sites (tertiary alicyclic amines) is 1. The monoisotopic (exact) mass is 403 g/mol. The van der Waals surface area contributed by atoms with Crippen LogP contribution in [0.2, 0.25) is 0 Å². The Bertz CT molecular complexity index is 852. The molecule has 0 spiro atoms. The van der Waals surface area contributed by atoms with Crippen molar-refractivity contribution in [2.45, 2.75) is 30.7 Å². The number of carbonyl (C=O) groups is 2. The van der Waals surface area contributed by atoms with Gasteiger partial charge in [0.15, 0.2) is 0 Å². The number of rotatable bonds is 5. The topological polar surface area (TPSA) is 71.5 Å². The van der Waals surface area contributed by atoms with E-state index in [0.29, 0.717) is 31.7 Å². The molecule has 1 aromatic carbocycles. The van der Waals surface area contributed by atoms with Crippen LogP contribution >= 0.6 is 11.8 Å². The Morgan fingerprint density at radius 2 is 1.93 bits per heavy atom. The van der Waals surface area contributed by atoms with Gasteiger partial charge >= 0.3 is 0 Å². The van der Waals surface area contributed by atoms with E-state index in [4.69, 9.17) is 4.74 Å². The zero-order valence-corrected chi connectivity index (χ0v) is 16.6. The average Bonchev–Trinajstić information content (AvgIpc) is 2.70. The van der Waals surface area contributed by atoms with E-state index >= 15 is 0 Å². The maximum absolute atomic E-state index is 13.7. The second kappa shape index (κ2) is 9.05. The van der Waals surface area contributed by atoms with Gasteiger partial charge in [0.2, 0.25) is 11.8 Å². The number of hydrogen-bond donors (Lipinski definition) is 1. The highest BCUT2D eigenvalue weighted by Gasteiger charge is 2.24. The molecular formula is C20H22FN3O3S. The Morgan fingerprint density at radius 3 is 2.54 bits per heavy atom. The molecule has 0 radical (unpaired) electrons. The predicted octanol–water partition coefficient (Wildman–Crippen LogP) is 3.48. The molecule has 1 aliphatic rings. The van der Waals surface area contributed by atoms with Crippen molar-refractivity contribution < 1.29 is 18.7 Å². The second-order valence-corrected chi connectivity index (χ2v) is 7.42. The number of pyridine rings is 1. The Labute approximate surface area is 167 Å². The lowest BCUT2D eigenvalue weighted by Gasteiger charge is -2.31.